The van der Waals surface area contributed by atoms with Crippen LogP contribution in [0.15, 0.2) is 24.3 Å². The summed E-state index contributed by atoms with van der Waals surface area (Å²) >= 11 is 0. The van der Waals surface area contributed by atoms with Crippen molar-refractivity contribution >= 4 is 11.9 Å². The number of nitrogens with zero attached hydrogens (tertiary/aromatic N) is 1. The standard InChI is InChI=1S/C15H19NO3/c1-10-7-8-16(11(2)9-10)14(17)12-5-3-4-6-13(12)15(18)19/h3-6,10-11H,7-9H2,1-2H3,(H,18,19)/t10-,11-/m0/s1. The summed E-state index contributed by atoms with van der Waals surface area (Å²) in [6.07, 6.45) is 1.95. The number of carbonyl (C=O) groups is 2. The van der Waals surface area contributed by atoms with Crippen LogP contribution in [0.5, 0.6) is 0 Å². The summed E-state index contributed by atoms with van der Waals surface area (Å²) in [6, 6.07) is 6.58. The van der Waals surface area contributed by atoms with E-state index in [2.05, 4.69) is 6.92 Å². The molecule has 19 heavy (non-hydrogen) atoms. The highest BCUT2D eigenvalue weighted by atomic mass is 16.4. The van der Waals surface area contributed by atoms with E-state index in [1.165, 1.54) is 6.07 Å². The lowest BCUT2D eigenvalue weighted by molar-refractivity contribution is 0.0573. The number of amides is 1. The molecule has 0 radical (unpaired) electrons. The molecule has 0 aliphatic carbocycles. The predicted octanol–water partition coefficient (Wildman–Crippen LogP) is 2.65. The fourth-order valence-electron chi connectivity index (χ4n) is 2.72. The number of rotatable bonds is 2. The lowest BCUT2D eigenvalue weighted by Gasteiger charge is -2.36. The average Bonchev–Trinajstić information content (AvgIpc) is 2.38. The Morgan fingerprint density at radius 3 is 2.42 bits per heavy atom. The third kappa shape index (κ3) is 2.78. The van der Waals surface area contributed by atoms with Gasteiger partial charge in [-0.2, -0.15) is 0 Å². The Morgan fingerprint density at radius 1 is 1.21 bits per heavy atom. The van der Waals surface area contributed by atoms with Gasteiger partial charge in [0, 0.05) is 12.6 Å². The van der Waals surface area contributed by atoms with Crippen molar-refractivity contribution in [2.75, 3.05) is 6.54 Å². The molecule has 1 saturated heterocycles. The number of benzene rings is 1. The van der Waals surface area contributed by atoms with Gasteiger partial charge in [-0.1, -0.05) is 19.1 Å². The van der Waals surface area contributed by atoms with Crippen molar-refractivity contribution in [2.24, 2.45) is 5.92 Å². The number of likely N-dealkylation sites (tertiary alicyclic amines) is 1. The molecule has 1 amide bonds. The SMILES string of the molecule is C[C@H]1CCN(C(=O)c2ccccc2C(=O)O)[C@@H](C)C1. The maximum Gasteiger partial charge on any atom is 0.336 e. The van der Waals surface area contributed by atoms with E-state index in [1.54, 1.807) is 23.1 Å². The summed E-state index contributed by atoms with van der Waals surface area (Å²) in [4.78, 5) is 25.5. The van der Waals surface area contributed by atoms with E-state index >= 15 is 0 Å². The summed E-state index contributed by atoms with van der Waals surface area (Å²) in [5.41, 5.74) is 0.370. The largest absolute Gasteiger partial charge is 0.478 e. The van der Waals surface area contributed by atoms with Crippen molar-refractivity contribution < 1.29 is 14.7 Å². The average molecular weight is 261 g/mol. The van der Waals surface area contributed by atoms with Crippen LogP contribution in [0.2, 0.25) is 0 Å². The zero-order valence-electron chi connectivity index (χ0n) is 11.3. The fraction of sp³-hybridized carbons (Fsp3) is 0.467. The first-order valence-corrected chi connectivity index (χ1v) is 6.64. The molecule has 1 aromatic rings. The summed E-state index contributed by atoms with van der Waals surface area (Å²) in [5, 5.41) is 9.15. The van der Waals surface area contributed by atoms with Crippen LogP contribution in [0.25, 0.3) is 0 Å². The first-order valence-electron chi connectivity index (χ1n) is 6.64. The van der Waals surface area contributed by atoms with Crippen LogP contribution in [0.1, 0.15) is 47.4 Å². The number of hydrogen-bond donors (Lipinski definition) is 1. The Bertz CT molecular complexity index is 498. The number of hydrogen-bond acceptors (Lipinski definition) is 2. The maximum absolute atomic E-state index is 12.5. The quantitative estimate of drug-likeness (QED) is 0.890. The molecule has 1 heterocycles. The minimum atomic E-state index is -1.05. The number of carboxylic acids is 1. The van der Waals surface area contributed by atoms with E-state index in [4.69, 9.17) is 5.11 Å². The van der Waals surface area contributed by atoms with Gasteiger partial charge < -0.3 is 10.0 Å². The van der Waals surface area contributed by atoms with Crippen LogP contribution in [-0.2, 0) is 0 Å². The van der Waals surface area contributed by atoms with Gasteiger partial charge >= 0.3 is 5.97 Å². The molecule has 0 saturated carbocycles. The van der Waals surface area contributed by atoms with Crippen molar-refractivity contribution in [3.8, 4) is 0 Å². The Hall–Kier alpha value is -1.84. The van der Waals surface area contributed by atoms with Crippen LogP contribution in [0, 0.1) is 5.92 Å². The molecule has 0 bridgehead atoms. The van der Waals surface area contributed by atoms with Gasteiger partial charge in [0.1, 0.15) is 0 Å². The Morgan fingerprint density at radius 2 is 1.84 bits per heavy atom. The minimum absolute atomic E-state index is 0.0818. The zero-order valence-corrected chi connectivity index (χ0v) is 11.3. The molecule has 1 aromatic carbocycles. The smallest absolute Gasteiger partial charge is 0.336 e. The molecule has 2 rings (SSSR count). The molecular weight excluding hydrogens is 242 g/mol. The van der Waals surface area contributed by atoms with Gasteiger partial charge in [-0.15, -0.1) is 0 Å². The third-order valence-corrected chi connectivity index (χ3v) is 3.79. The van der Waals surface area contributed by atoms with E-state index in [1.807, 2.05) is 6.92 Å². The Labute approximate surface area is 113 Å². The van der Waals surface area contributed by atoms with Gasteiger partial charge in [0.05, 0.1) is 11.1 Å². The van der Waals surface area contributed by atoms with Crippen molar-refractivity contribution in [3.05, 3.63) is 35.4 Å². The monoisotopic (exact) mass is 261 g/mol. The van der Waals surface area contributed by atoms with Gasteiger partial charge in [0.15, 0.2) is 0 Å². The summed E-state index contributed by atoms with van der Waals surface area (Å²) in [7, 11) is 0. The van der Waals surface area contributed by atoms with E-state index in [0.717, 1.165) is 12.8 Å². The zero-order chi connectivity index (χ0) is 14.0. The van der Waals surface area contributed by atoms with Gasteiger partial charge in [-0.3, -0.25) is 4.79 Å². The van der Waals surface area contributed by atoms with Crippen LogP contribution in [0.4, 0.5) is 0 Å². The van der Waals surface area contributed by atoms with Crippen LogP contribution < -0.4 is 0 Å². The molecule has 1 aliphatic rings. The second-order valence-corrected chi connectivity index (χ2v) is 5.33. The first-order chi connectivity index (χ1) is 9.00. The van der Waals surface area contributed by atoms with Gasteiger partial charge in [-0.05, 0) is 37.8 Å². The normalized spacial score (nSPS) is 23.2. The molecule has 1 N–H and O–H groups in total. The predicted molar refractivity (Wildman–Crippen MR) is 72.3 cm³/mol. The number of carbonyl (C=O) groups excluding carboxylic acids is 1. The van der Waals surface area contributed by atoms with Crippen molar-refractivity contribution in [3.63, 3.8) is 0 Å². The van der Waals surface area contributed by atoms with Crippen LogP contribution >= 0.6 is 0 Å². The molecular formula is C15H19NO3. The first kappa shape index (κ1) is 13.6. The molecule has 1 aliphatic heterocycles. The van der Waals surface area contributed by atoms with Crippen LogP contribution in [0.3, 0.4) is 0 Å². The molecule has 0 aromatic heterocycles. The summed E-state index contributed by atoms with van der Waals surface area (Å²) in [6.45, 7) is 4.91. The highest BCUT2D eigenvalue weighted by molar-refractivity contribution is 6.04. The minimum Gasteiger partial charge on any atom is -0.478 e. The van der Waals surface area contributed by atoms with E-state index < -0.39 is 5.97 Å². The van der Waals surface area contributed by atoms with Crippen molar-refractivity contribution in [2.45, 2.75) is 32.7 Å². The maximum atomic E-state index is 12.5. The molecule has 102 valence electrons. The highest BCUT2D eigenvalue weighted by Crippen LogP contribution is 2.24. The molecule has 4 nitrogen and oxygen atoms in total. The molecule has 2 atom stereocenters. The number of carboxylic acid groups (broad SMARTS) is 1. The summed E-state index contributed by atoms with van der Waals surface area (Å²) in [5.74, 6) is -0.604. The fourth-order valence-corrected chi connectivity index (χ4v) is 2.72. The van der Waals surface area contributed by atoms with Crippen LogP contribution in [-0.4, -0.2) is 34.5 Å². The number of piperidine rings is 1. The summed E-state index contributed by atoms with van der Waals surface area (Å²) < 4.78 is 0. The number of aromatic carboxylic acids is 1. The molecule has 0 unspecified atom stereocenters. The molecule has 4 heteroatoms. The second-order valence-electron chi connectivity index (χ2n) is 5.33. The van der Waals surface area contributed by atoms with E-state index in [0.29, 0.717) is 12.5 Å². The third-order valence-electron chi connectivity index (χ3n) is 3.79. The second kappa shape index (κ2) is 5.43. The Balaban J connectivity index is 2.27. The van der Waals surface area contributed by atoms with Gasteiger partial charge in [-0.25, -0.2) is 4.79 Å². The topological polar surface area (TPSA) is 57.6 Å². The molecule has 1 fully saturated rings. The molecule has 0 spiro atoms. The lowest BCUT2D eigenvalue weighted by atomic mass is 9.92. The Kier molecular flexibility index (Phi) is 3.88. The van der Waals surface area contributed by atoms with Crippen molar-refractivity contribution in [1.29, 1.82) is 0 Å². The van der Waals surface area contributed by atoms with E-state index in [-0.39, 0.29) is 23.1 Å². The highest BCUT2D eigenvalue weighted by Gasteiger charge is 2.29. The van der Waals surface area contributed by atoms with E-state index in [9.17, 15) is 9.59 Å². The van der Waals surface area contributed by atoms with Gasteiger partial charge in [0.2, 0.25) is 0 Å². The lowest BCUT2D eigenvalue weighted by Crippen LogP contribution is -2.44. The van der Waals surface area contributed by atoms with Crippen molar-refractivity contribution in [1.82, 2.24) is 4.90 Å². The van der Waals surface area contributed by atoms with Gasteiger partial charge in [0.25, 0.3) is 5.91 Å².